The van der Waals surface area contributed by atoms with Gasteiger partial charge in [0.25, 0.3) is 11.1 Å². The molecule has 2 N–H and O–H groups in total. The van der Waals surface area contributed by atoms with E-state index in [0.29, 0.717) is 25.1 Å². The second-order valence-electron chi connectivity index (χ2n) is 7.09. The topological polar surface area (TPSA) is 87.2 Å². The Morgan fingerprint density at radius 3 is 2.66 bits per heavy atom. The van der Waals surface area contributed by atoms with Crippen LogP contribution in [0.3, 0.4) is 0 Å². The molecule has 1 aromatic carbocycles. The Kier molecular flexibility index (Phi) is 5.29. The summed E-state index contributed by atoms with van der Waals surface area (Å²) in [6.45, 7) is 1.12. The lowest BCUT2D eigenvalue weighted by Crippen LogP contribution is -2.46. The van der Waals surface area contributed by atoms with Crippen molar-refractivity contribution in [1.29, 1.82) is 0 Å². The standard InChI is InChI=1S/C22H22N4O3/c27-20-8-4-5-12-25(20)15-19(17-6-2-1-3-7-17)24-22(29)26-13-10-16-9-11-23-21(28)18(16)14-26/h1-9,11-12,19H,10,13-15H2,(H,23,28)(H,24,29). The van der Waals surface area contributed by atoms with Gasteiger partial charge in [0, 0.05) is 30.6 Å². The molecule has 1 unspecified atom stereocenters. The summed E-state index contributed by atoms with van der Waals surface area (Å²) in [7, 11) is 0. The highest BCUT2D eigenvalue weighted by molar-refractivity contribution is 5.75. The molecule has 2 aromatic heterocycles. The largest absolute Gasteiger partial charge is 0.329 e. The van der Waals surface area contributed by atoms with Gasteiger partial charge in [-0.25, -0.2) is 4.79 Å². The first-order valence-corrected chi connectivity index (χ1v) is 9.57. The summed E-state index contributed by atoms with van der Waals surface area (Å²) in [6.07, 6.45) is 3.99. The molecule has 29 heavy (non-hydrogen) atoms. The number of pyridine rings is 2. The number of hydrogen-bond donors (Lipinski definition) is 2. The van der Waals surface area contributed by atoms with Gasteiger partial charge in [0.2, 0.25) is 0 Å². The predicted octanol–water partition coefficient (Wildman–Crippen LogP) is 2.05. The van der Waals surface area contributed by atoms with Gasteiger partial charge in [-0.2, -0.15) is 0 Å². The molecule has 0 fully saturated rings. The number of benzene rings is 1. The fraction of sp³-hybridized carbons (Fsp3) is 0.227. The van der Waals surface area contributed by atoms with Gasteiger partial charge in [0.1, 0.15) is 0 Å². The number of carbonyl (C=O) groups is 1. The van der Waals surface area contributed by atoms with Crippen LogP contribution in [0, 0.1) is 0 Å². The lowest BCUT2D eigenvalue weighted by molar-refractivity contribution is 0.186. The summed E-state index contributed by atoms with van der Waals surface area (Å²) < 4.78 is 1.58. The molecule has 1 aliphatic heterocycles. The van der Waals surface area contributed by atoms with E-state index in [9.17, 15) is 14.4 Å². The van der Waals surface area contributed by atoms with Crippen LogP contribution in [-0.4, -0.2) is 27.0 Å². The van der Waals surface area contributed by atoms with Gasteiger partial charge in [-0.3, -0.25) is 9.59 Å². The third kappa shape index (κ3) is 4.13. The first-order chi connectivity index (χ1) is 14.1. The summed E-state index contributed by atoms with van der Waals surface area (Å²) in [5.41, 5.74) is 2.24. The minimum absolute atomic E-state index is 0.124. The lowest BCUT2D eigenvalue weighted by atomic mass is 10.0. The lowest BCUT2D eigenvalue weighted by Gasteiger charge is -2.30. The highest BCUT2D eigenvalue weighted by atomic mass is 16.2. The van der Waals surface area contributed by atoms with Crippen LogP contribution in [0.5, 0.6) is 0 Å². The van der Waals surface area contributed by atoms with E-state index < -0.39 is 0 Å². The smallest absolute Gasteiger partial charge is 0.318 e. The van der Waals surface area contributed by atoms with Gasteiger partial charge >= 0.3 is 6.03 Å². The third-order valence-electron chi connectivity index (χ3n) is 5.23. The Bertz CT molecular complexity index is 1120. The quantitative estimate of drug-likeness (QED) is 0.715. The highest BCUT2D eigenvalue weighted by Gasteiger charge is 2.25. The molecule has 0 aliphatic carbocycles. The van der Waals surface area contributed by atoms with Crippen LogP contribution in [-0.2, 0) is 19.5 Å². The summed E-state index contributed by atoms with van der Waals surface area (Å²) in [6, 6.07) is 15.8. The number of amides is 2. The van der Waals surface area contributed by atoms with Gasteiger partial charge in [-0.15, -0.1) is 0 Å². The maximum atomic E-state index is 13.0. The van der Waals surface area contributed by atoms with Crippen LogP contribution < -0.4 is 16.4 Å². The van der Waals surface area contributed by atoms with Gasteiger partial charge in [-0.05, 0) is 29.7 Å². The molecule has 2 amide bonds. The van der Waals surface area contributed by atoms with Crippen molar-refractivity contribution in [2.45, 2.75) is 25.6 Å². The van der Waals surface area contributed by atoms with Crippen molar-refractivity contribution in [3.05, 3.63) is 104 Å². The van der Waals surface area contributed by atoms with E-state index in [1.165, 1.54) is 6.07 Å². The average Bonchev–Trinajstić information content (AvgIpc) is 2.75. The molecule has 0 spiro atoms. The minimum Gasteiger partial charge on any atom is -0.329 e. The van der Waals surface area contributed by atoms with Crippen molar-refractivity contribution in [1.82, 2.24) is 19.8 Å². The van der Waals surface area contributed by atoms with Crippen molar-refractivity contribution in [2.75, 3.05) is 6.54 Å². The number of carbonyl (C=O) groups excluding carboxylic acids is 1. The Hall–Kier alpha value is -3.61. The van der Waals surface area contributed by atoms with E-state index in [2.05, 4.69) is 10.3 Å². The zero-order chi connectivity index (χ0) is 20.2. The monoisotopic (exact) mass is 390 g/mol. The van der Waals surface area contributed by atoms with Crippen LogP contribution in [0.25, 0.3) is 0 Å². The molecule has 7 nitrogen and oxygen atoms in total. The Balaban J connectivity index is 1.55. The van der Waals surface area contributed by atoms with Crippen molar-refractivity contribution in [2.24, 2.45) is 0 Å². The average molecular weight is 390 g/mol. The van der Waals surface area contributed by atoms with Crippen molar-refractivity contribution in [3.8, 4) is 0 Å². The SMILES string of the molecule is O=C(NC(Cn1ccccc1=O)c1ccccc1)N1CCc2cc[nH]c(=O)c2C1. The molecule has 3 heterocycles. The van der Waals surface area contributed by atoms with Gasteiger partial charge in [0.15, 0.2) is 0 Å². The molecule has 0 bridgehead atoms. The number of H-pyrrole nitrogens is 1. The highest BCUT2D eigenvalue weighted by Crippen LogP contribution is 2.18. The summed E-state index contributed by atoms with van der Waals surface area (Å²) >= 11 is 0. The van der Waals surface area contributed by atoms with E-state index in [4.69, 9.17) is 0 Å². The molecule has 0 saturated heterocycles. The zero-order valence-corrected chi connectivity index (χ0v) is 15.9. The summed E-state index contributed by atoms with van der Waals surface area (Å²) in [5, 5.41) is 3.04. The number of urea groups is 1. The third-order valence-corrected chi connectivity index (χ3v) is 5.23. The first kappa shape index (κ1) is 18.7. The van der Waals surface area contributed by atoms with Crippen molar-refractivity contribution < 1.29 is 4.79 Å². The molecular weight excluding hydrogens is 368 g/mol. The van der Waals surface area contributed by atoms with Crippen LogP contribution in [0.4, 0.5) is 4.79 Å². The van der Waals surface area contributed by atoms with Crippen molar-refractivity contribution in [3.63, 3.8) is 0 Å². The maximum absolute atomic E-state index is 13.0. The number of aromatic amines is 1. The summed E-state index contributed by atoms with van der Waals surface area (Å²) in [4.78, 5) is 41.6. The van der Waals surface area contributed by atoms with Crippen LogP contribution >= 0.6 is 0 Å². The minimum atomic E-state index is -0.376. The van der Waals surface area contributed by atoms with Crippen LogP contribution in [0.2, 0.25) is 0 Å². The zero-order valence-electron chi connectivity index (χ0n) is 15.9. The second kappa shape index (κ2) is 8.18. The molecule has 7 heteroatoms. The van der Waals surface area contributed by atoms with E-state index in [0.717, 1.165) is 11.1 Å². The molecule has 0 saturated carbocycles. The number of nitrogens with one attached hydrogen (secondary N) is 2. The van der Waals surface area contributed by atoms with Crippen LogP contribution in [0.1, 0.15) is 22.7 Å². The Morgan fingerprint density at radius 1 is 1.07 bits per heavy atom. The molecule has 0 radical (unpaired) electrons. The molecule has 1 atom stereocenters. The van der Waals surface area contributed by atoms with E-state index in [-0.39, 0.29) is 29.7 Å². The van der Waals surface area contributed by atoms with Crippen molar-refractivity contribution >= 4 is 6.03 Å². The molecule has 3 aromatic rings. The Morgan fingerprint density at radius 2 is 1.86 bits per heavy atom. The van der Waals surface area contributed by atoms with E-state index in [1.54, 1.807) is 34.0 Å². The van der Waals surface area contributed by atoms with E-state index >= 15 is 0 Å². The maximum Gasteiger partial charge on any atom is 0.318 e. The molecular formula is C22H22N4O3. The number of fused-ring (bicyclic) bond motifs is 1. The van der Waals surface area contributed by atoms with Gasteiger partial charge < -0.3 is 19.8 Å². The number of hydrogen-bond acceptors (Lipinski definition) is 3. The van der Waals surface area contributed by atoms with Gasteiger partial charge in [-0.1, -0.05) is 36.4 Å². The fourth-order valence-corrected chi connectivity index (χ4v) is 3.63. The molecule has 1 aliphatic rings. The molecule has 4 rings (SSSR count). The Labute approximate surface area is 167 Å². The fourth-order valence-electron chi connectivity index (χ4n) is 3.63. The van der Waals surface area contributed by atoms with E-state index in [1.807, 2.05) is 36.4 Å². The number of aromatic nitrogens is 2. The van der Waals surface area contributed by atoms with Gasteiger partial charge in [0.05, 0.1) is 19.1 Å². The number of nitrogens with zero attached hydrogens (tertiary/aromatic N) is 2. The van der Waals surface area contributed by atoms with Crippen LogP contribution in [0.15, 0.2) is 76.6 Å². The summed E-state index contributed by atoms with van der Waals surface area (Å²) in [5.74, 6) is 0. The molecule has 148 valence electrons. The second-order valence-corrected chi connectivity index (χ2v) is 7.09. The first-order valence-electron chi connectivity index (χ1n) is 9.57. The normalized spacial score (nSPS) is 14.1. The predicted molar refractivity (Wildman–Crippen MR) is 110 cm³/mol. The number of rotatable bonds is 4.